The first-order valence-electron chi connectivity index (χ1n) is 15.3. The molecule has 0 saturated heterocycles. The minimum absolute atomic E-state index is 0. The van der Waals surface area contributed by atoms with E-state index in [2.05, 4.69) is 14.7 Å². The number of ether oxygens (including phenoxy) is 2. The van der Waals surface area contributed by atoms with Crippen molar-refractivity contribution >= 4 is 49.7 Å². The predicted octanol–water partition coefficient (Wildman–Crippen LogP) is 12.4. The fraction of sp³-hybridized carbons (Fsp3) is 0.463. The number of hydrogen-bond acceptors (Lipinski definition) is 10. The summed E-state index contributed by atoms with van der Waals surface area (Å²) < 4.78 is 37.7. The van der Waals surface area contributed by atoms with Crippen LogP contribution in [0, 0.1) is 5.92 Å². The fourth-order valence-electron chi connectivity index (χ4n) is 3.76. The van der Waals surface area contributed by atoms with Crippen LogP contribution in [0.25, 0.3) is 32.2 Å². The van der Waals surface area contributed by atoms with Gasteiger partial charge in [0.15, 0.2) is 0 Å². The van der Waals surface area contributed by atoms with E-state index >= 15 is 0 Å². The molecule has 0 unspecified atom stereocenters. The number of nitrogens with zero attached hydrogens (tertiary/aromatic N) is 3. The van der Waals surface area contributed by atoms with Crippen LogP contribution in [0.3, 0.4) is 0 Å². The molecule has 300 valence electrons. The first-order chi connectivity index (χ1) is 22.1. The second-order valence-electron chi connectivity index (χ2n) is 12.3. The highest BCUT2D eigenvalue weighted by Crippen LogP contribution is 2.32. The van der Waals surface area contributed by atoms with Crippen molar-refractivity contribution < 1.29 is 22.7 Å². The number of esters is 1. The number of carbonyl (C=O) groups excluding carboxylic acids is 1. The summed E-state index contributed by atoms with van der Waals surface area (Å²) in [7, 11) is -3.41. The third-order valence-electron chi connectivity index (χ3n) is 5.67. The molecule has 0 amide bonds. The normalized spacial score (nSPS) is 10.3. The van der Waals surface area contributed by atoms with Crippen LogP contribution in [0.2, 0.25) is 0 Å². The van der Waals surface area contributed by atoms with Crippen LogP contribution < -0.4 is 9.46 Å². The van der Waals surface area contributed by atoms with Crippen molar-refractivity contribution in [3.63, 3.8) is 0 Å². The van der Waals surface area contributed by atoms with E-state index in [0.717, 1.165) is 32.2 Å². The molecule has 4 heterocycles. The van der Waals surface area contributed by atoms with Gasteiger partial charge in [0.1, 0.15) is 15.5 Å². The number of carbonyl (C=O) groups is 1. The standard InChI is InChI=1S/C15H14N2OS.C12H14N2O2S2.C8H16O2.6CH4/c1-10(2)18-15-14(13-8-5-9-19-13)16-11-6-3-4-7-12(11)17-15;1-9(2)14-18(15,16)12-7-6-11(17-12)10-5-3-4-8-13-10;1-6(2)7(9)10-8(3,4)5;;;;;;/h3-10H,1-2H3;3-9,14H,1-2H3;6H,1-5H3;6*1H4. The van der Waals surface area contributed by atoms with Gasteiger partial charge in [-0.1, -0.05) is 82.7 Å². The van der Waals surface area contributed by atoms with Gasteiger partial charge >= 0.3 is 5.97 Å². The van der Waals surface area contributed by atoms with E-state index in [0.29, 0.717) is 10.1 Å². The number of nitrogens with one attached hydrogen (secondary N) is 1. The van der Waals surface area contributed by atoms with Gasteiger partial charge in [0.05, 0.1) is 38.5 Å². The molecule has 0 aliphatic rings. The van der Waals surface area contributed by atoms with E-state index in [-0.39, 0.29) is 74.2 Å². The molecule has 0 aliphatic heterocycles. The summed E-state index contributed by atoms with van der Waals surface area (Å²) in [6.07, 6.45) is 1.77. The monoisotopic (exact) mass is 792 g/mol. The Labute approximate surface area is 330 Å². The van der Waals surface area contributed by atoms with Gasteiger partial charge in [-0.2, -0.15) is 0 Å². The summed E-state index contributed by atoms with van der Waals surface area (Å²) >= 11 is 2.87. The molecule has 4 aromatic heterocycles. The van der Waals surface area contributed by atoms with Crippen LogP contribution in [0.4, 0.5) is 0 Å². The van der Waals surface area contributed by atoms with Gasteiger partial charge in [0.2, 0.25) is 15.9 Å². The number of para-hydroxylation sites is 2. The molecular formula is C41H68N4O5S3. The molecular weight excluding hydrogens is 725 g/mol. The molecule has 5 aromatic rings. The number of fused-ring (bicyclic) bond motifs is 1. The number of thiophene rings is 2. The number of sulfonamides is 1. The Morgan fingerprint density at radius 1 is 0.755 bits per heavy atom. The molecule has 12 heteroatoms. The third-order valence-corrected chi connectivity index (χ3v) is 9.81. The molecule has 5 rings (SSSR count). The van der Waals surface area contributed by atoms with Gasteiger partial charge in [-0.25, -0.2) is 23.1 Å². The van der Waals surface area contributed by atoms with Crippen molar-refractivity contribution in [2.24, 2.45) is 5.92 Å². The lowest BCUT2D eigenvalue weighted by Crippen LogP contribution is -2.29. The van der Waals surface area contributed by atoms with Gasteiger partial charge < -0.3 is 9.47 Å². The van der Waals surface area contributed by atoms with Crippen LogP contribution in [-0.2, 0) is 19.6 Å². The summed E-state index contributed by atoms with van der Waals surface area (Å²) in [5.41, 5.74) is 3.01. The zero-order chi connectivity index (χ0) is 34.8. The number of aromatic nitrogens is 3. The Hall–Kier alpha value is -3.71. The quantitative estimate of drug-likeness (QED) is 0.154. The summed E-state index contributed by atoms with van der Waals surface area (Å²) in [5.74, 6) is 0.447. The topological polar surface area (TPSA) is 120 Å². The van der Waals surface area contributed by atoms with Crippen molar-refractivity contribution in [2.75, 3.05) is 0 Å². The van der Waals surface area contributed by atoms with Crippen LogP contribution in [0.5, 0.6) is 5.88 Å². The zero-order valence-electron chi connectivity index (χ0n) is 28.3. The largest absolute Gasteiger partial charge is 0.473 e. The minimum Gasteiger partial charge on any atom is -0.473 e. The molecule has 1 aromatic carbocycles. The highest BCUT2D eigenvalue weighted by atomic mass is 32.2. The SMILES string of the molecule is C.C.C.C.C.C.CC(C)C(=O)OC(C)(C)C.CC(C)NS(=O)(=O)c1ccc(-c2ccccn2)s1.CC(C)Oc1nc2ccccc2nc1-c1cccs1. The lowest BCUT2D eigenvalue weighted by Gasteiger charge is -2.20. The first-order valence-corrected chi connectivity index (χ1v) is 18.5. The van der Waals surface area contributed by atoms with Gasteiger partial charge in [-0.05, 0) is 96.3 Å². The van der Waals surface area contributed by atoms with E-state index in [1.807, 2.05) is 108 Å². The van der Waals surface area contributed by atoms with E-state index < -0.39 is 10.0 Å². The van der Waals surface area contributed by atoms with Crippen LogP contribution in [0.15, 0.2) is 82.5 Å². The van der Waals surface area contributed by atoms with E-state index in [1.165, 1.54) is 11.3 Å². The maximum absolute atomic E-state index is 12.0. The Kier molecular flexibility index (Phi) is 26.8. The smallest absolute Gasteiger partial charge is 0.308 e. The number of benzene rings is 1. The van der Waals surface area contributed by atoms with E-state index in [9.17, 15) is 13.2 Å². The molecule has 0 bridgehead atoms. The van der Waals surface area contributed by atoms with Crippen LogP contribution >= 0.6 is 22.7 Å². The Bertz CT molecular complexity index is 1820. The third kappa shape index (κ3) is 18.3. The highest BCUT2D eigenvalue weighted by molar-refractivity contribution is 7.91. The summed E-state index contributed by atoms with van der Waals surface area (Å²) in [4.78, 5) is 26.3. The lowest BCUT2D eigenvalue weighted by atomic mass is 10.1. The zero-order valence-corrected chi connectivity index (χ0v) is 30.8. The van der Waals surface area contributed by atoms with Crippen molar-refractivity contribution in [1.82, 2.24) is 19.7 Å². The highest BCUT2D eigenvalue weighted by Gasteiger charge is 2.19. The van der Waals surface area contributed by atoms with E-state index in [4.69, 9.17) is 14.5 Å². The number of pyridine rings is 1. The maximum Gasteiger partial charge on any atom is 0.308 e. The van der Waals surface area contributed by atoms with Gasteiger partial charge in [0.25, 0.3) is 0 Å². The molecule has 0 fully saturated rings. The average Bonchev–Trinajstić information content (AvgIpc) is 3.70. The van der Waals surface area contributed by atoms with Crippen LogP contribution in [0.1, 0.15) is 107 Å². The summed E-state index contributed by atoms with van der Waals surface area (Å²) in [6, 6.07) is 20.7. The van der Waals surface area contributed by atoms with Gasteiger partial charge in [-0.15, -0.1) is 22.7 Å². The van der Waals surface area contributed by atoms with Gasteiger partial charge in [-0.3, -0.25) is 9.78 Å². The van der Waals surface area contributed by atoms with Crippen molar-refractivity contribution in [3.8, 4) is 27.0 Å². The molecule has 0 aliphatic carbocycles. The maximum atomic E-state index is 12.0. The molecule has 0 radical (unpaired) electrons. The lowest BCUT2D eigenvalue weighted by molar-refractivity contribution is -0.158. The van der Waals surface area contributed by atoms with Crippen molar-refractivity contribution in [1.29, 1.82) is 0 Å². The molecule has 0 saturated carbocycles. The number of rotatable bonds is 8. The predicted molar refractivity (Wildman–Crippen MR) is 233 cm³/mol. The van der Waals surface area contributed by atoms with Crippen molar-refractivity contribution in [2.45, 2.75) is 129 Å². The molecule has 9 nitrogen and oxygen atoms in total. The Morgan fingerprint density at radius 2 is 1.34 bits per heavy atom. The molecule has 0 spiro atoms. The second-order valence-corrected chi connectivity index (χ2v) is 16.3. The second kappa shape index (κ2) is 25.3. The van der Waals surface area contributed by atoms with Crippen molar-refractivity contribution in [3.05, 3.63) is 78.3 Å². The van der Waals surface area contributed by atoms with E-state index in [1.54, 1.807) is 43.5 Å². The van der Waals surface area contributed by atoms with Crippen LogP contribution in [-0.4, -0.2) is 47.1 Å². The molecule has 1 N–H and O–H groups in total. The first kappa shape index (κ1) is 56.0. The summed E-state index contributed by atoms with van der Waals surface area (Å²) in [6.45, 7) is 16.8. The number of hydrogen-bond donors (Lipinski definition) is 1. The minimum atomic E-state index is -3.41. The Balaban J connectivity index is -0.000000336. The molecule has 0 atom stereocenters. The van der Waals surface area contributed by atoms with Gasteiger partial charge in [0, 0.05) is 12.2 Å². The molecule has 53 heavy (non-hydrogen) atoms. The average molecular weight is 793 g/mol. The summed E-state index contributed by atoms with van der Waals surface area (Å²) in [5, 5.41) is 2.03. The fourth-order valence-corrected chi connectivity index (χ4v) is 7.02. The Morgan fingerprint density at radius 3 is 1.79 bits per heavy atom.